The average Bonchev–Trinajstić information content (AvgIpc) is 2.66. The summed E-state index contributed by atoms with van der Waals surface area (Å²) in [5.74, 6) is -2.87. The van der Waals surface area contributed by atoms with Crippen LogP contribution in [0.5, 0.6) is 0 Å². The van der Waals surface area contributed by atoms with Gasteiger partial charge in [0.15, 0.2) is 6.29 Å². The van der Waals surface area contributed by atoms with E-state index in [9.17, 15) is 58.0 Å². The maximum Gasteiger partial charge on any atom is 1.00 e. The number of hydrogen-bond donors (Lipinski definition) is 6. The van der Waals surface area contributed by atoms with Crippen LogP contribution in [0.1, 0.15) is 6.92 Å². The number of rotatable bonds is 11. The van der Waals surface area contributed by atoms with E-state index in [-0.39, 0.29) is 65.4 Å². The van der Waals surface area contributed by atoms with Crippen LogP contribution in [-0.4, -0.2) is 118 Å². The standard InChI is InChI=1S/C14H23NO15S.2Na/c1-4(17)15-5(2-16)11(7(19)6(18)3-28-31(25,26)27)29-14-10(22)8(20)9(21)12(30-14)13(23)24;;/h2,5-12,14,18-22H,3H2,1H3,(H,15,17)(H,23,24)(H,25,26,27);;/q;2*+1/p-2/t5-,6+,7-,8-,9-,10+,11+,12-,14+;;/m0../s1. The van der Waals surface area contributed by atoms with Crippen molar-refractivity contribution in [2.24, 2.45) is 0 Å². The quantitative estimate of drug-likeness (QED) is 0.0637. The monoisotopic (exact) mass is 521 g/mol. The predicted molar refractivity (Wildman–Crippen MR) is 87.9 cm³/mol. The Morgan fingerprint density at radius 2 is 1.70 bits per heavy atom. The Bertz CT molecular complexity index is 755. The third-order valence-electron chi connectivity index (χ3n) is 4.08. The summed E-state index contributed by atoms with van der Waals surface area (Å²) in [6.45, 7) is -0.364. The molecule has 16 nitrogen and oxygen atoms in total. The first-order valence-electron chi connectivity index (χ1n) is 8.44. The molecule has 0 aromatic carbocycles. The summed E-state index contributed by atoms with van der Waals surface area (Å²) in [5, 5.41) is 62.6. The summed E-state index contributed by atoms with van der Waals surface area (Å²) >= 11 is 0. The molecule has 0 aliphatic carbocycles. The third-order valence-corrected chi connectivity index (χ3v) is 4.50. The van der Waals surface area contributed by atoms with Crippen LogP contribution in [0.15, 0.2) is 0 Å². The molecule has 0 aromatic rings. The summed E-state index contributed by atoms with van der Waals surface area (Å²) in [6, 6.07) is -1.80. The molecule has 19 heteroatoms. The molecule has 0 unspecified atom stereocenters. The number of aliphatic hydroxyl groups excluding tert-OH is 5. The van der Waals surface area contributed by atoms with E-state index in [0.717, 1.165) is 6.92 Å². The smallest absolute Gasteiger partial charge is 0.726 e. The number of aliphatic carboxylic acids is 1. The fourth-order valence-corrected chi connectivity index (χ4v) is 2.89. The summed E-state index contributed by atoms with van der Waals surface area (Å²) in [7, 11) is -5.29. The summed E-state index contributed by atoms with van der Waals surface area (Å²) < 4.78 is 45.2. The minimum Gasteiger partial charge on any atom is -0.726 e. The molecule has 6 N–H and O–H groups in total. The van der Waals surface area contributed by atoms with Crippen molar-refractivity contribution in [3.05, 3.63) is 0 Å². The van der Waals surface area contributed by atoms with Crippen molar-refractivity contribution in [3.8, 4) is 0 Å². The molecule has 180 valence electrons. The first-order chi connectivity index (χ1) is 14.2. The van der Waals surface area contributed by atoms with Gasteiger partial charge in [0.1, 0.15) is 55.1 Å². The molecular formula is C14H21NNa2O15S. The molecule has 1 amide bonds. The van der Waals surface area contributed by atoms with Crippen LogP contribution in [0.25, 0.3) is 0 Å². The number of nitrogens with one attached hydrogen (secondary N) is 1. The van der Waals surface area contributed by atoms with Gasteiger partial charge in [-0.1, -0.05) is 0 Å². The number of ether oxygens (including phenoxy) is 2. The number of amides is 1. The second-order valence-corrected chi connectivity index (χ2v) is 7.48. The Morgan fingerprint density at radius 1 is 1.15 bits per heavy atom. The molecule has 0 radical (unpaired) electrons. The first kappa shape index (κ1) is 35.4. The van der Waals surface area contributed by atoms with E-state index in [4.69, 9.17) is 9.47 Å². The van der Waals surface area contributed by atoms with Gasteiger partial charge in [0, 0.05) is 6.92 Å². The minimum atomic E-state index is -5.29. The molecular weight excluding hydrogens is 500 g/mol. The molecule has 1 rings (SSSR count). The Morgan fingerprint density at radius 3 is 2.12 bits per heavy atom. The van der Waals surface area contributed by atoms with E-state index in [1.54, 1.807) is 0 Å². The van der Waals surface area contributed by atoms with E-state index >= 15 is 0 Å². The van der Waals surface area contributed by atoms with E-state index < -0.39 is 83.9 Å². The number of aliphatic hydroxyl groups is 5. The fraction of sp³-hybridized carbons (Fsp3) is 0.786. The second-order valence-electron chi connectivity index (χ2n) is 6.43. The van der Waals surface area contributed by atoms with Crippen molar-refractivity contribution in [1.29, 1.82) is 0 Å². The van der Waals surface area contributed by atoms with E-state index in [2.05, 4.69) is 4.18 Å². The maximum absolute atomic E-state index is 11.4. The Labute approximate surface area is 231 Å². The van der Waals surface area contributed by atoms with Gasteiger partial charge in [-0.3, -0.25) is 8.98 Å². The maximum atomic E-state index is 11.4. The zero-order valence-electron chi connectivity index (χ0n) is 17.7. The van der Waals surface area contributed by atoms with Crippen molar-refractivity contribution >= 4 is 28.6 Å². The summed E-state index contributed by atoms with van der Waals surface area (Å²) in [6.07, 6.45) is -17.4. The van der Waals surface area contributed by atoms with Gasteiger partial charge in [0.25, 0.3) is 0 Å². The molecule has 0 spiro atoms. The van der Waals surface area contributed by atoms with Crippen LogP contribution in [0.2, 0.25) is 0 Å². The zero-order valence-corrected chi connectivity index (χ0v) is 22.5. The number of carbonyl (C=O) groups excluding carboxylic acids is 3. The number of hydrogen-bond acceptors (Lipinski definition) is 15. The molecule has 1 saturated heterocycles. The molecule has 0 aromatic heterocycles. The second kappa shape index (κ2) is 15.3. The van der Waals surface area contributed by atoms with Crippen LogP contribution >= 0.6 is 0 Å². The van der Waals surface area contributed by atoms with Crippen molar-refractivity contribution in [2.75, 3.05) is 6.61 Å². The van der Waals surface area contributed by atoms with Gasteiger partial charge in [0.2, 0.25) is 16.3 Å². The SMILES string of the molecule is CC(=O)N[C@@H](C=O)[C@@H](O[C@@H]1O[C@H](C(=O)[O-])[C@@H](O)[C@H](O)[C@H]1O)[C@@H](O)[C@H](O)COS(=O)(=O)[O-].[Na+].[Na+]. The van der Waals surface area contributed by atoms with Crippen molar-refractivity contribution in [1.82, 2.24) is 5.32 Å². The van der Waals surface area contributed by atoms with Crippen LogP contribution in [-0.2, 0) is 38.4 Å². The Hall–Kier alpha value is 0.200. The van der Waals surface area contributed by atoms with Gasteiger partial charge in [-0.25, -0.2) is 8.42 Å². The van der Waals surface area contributed by atoms with E-state index in [1.165, 1.54) is 0 Å². The number of aldehydes is 1. The molecule has 1 aliphatic heterocycles. The number of carbonyl (C=O) groups is 3. The largest absolute Gasteiger partial charge is 1.00 e. The molecule has 0 saturated carbocycles. The van der Waals surface area contributed by atoms with Crippen LogP contribution < -0.4 is 69.5 Å². The molecule has 1 heterocycles. The van der Waals surface area contributed by atoms with Crippen molar-refractivity contribution in [3.63, 3.8) is 0 Å². The van der Waals surface area contributed by atoms with Crippen molar-refractivity contribution in [2.45, 2.75) is 62.0 Å². The number of carboxylic acids is 1. The van der Waals surface area contributed by atoms with Crippen LogP contribution in [0, 0.1) is 0 Å². The van der Waals surface area contributed by atoms with Crippen LogP contribution in [0.3, 0.4) is 0 Å². The third kappa shape index (κ3) is 10.8. The normalized spacial score (nSPS) is 28.8. The molecule has 9 atom stereocenters. The first-order valence-corrected chi connectivity index (χ1v) is 9.77. The minimum absolute atomic E-state index is 0. The van der Waals surface area contributed by atoms with Gasteiger partial charge in [0.05, 0.1) is 12.6 Å². The summed E-state index contributed by atoms with van der Waals surface area (Å²) in [4.78, 5) is 33.7. The van der Waals surface area contributed by atoms with Gasteiger partial charge in [-0.05, 0) is 0 Å². The van der Waals surface area contributed by atoms with E-state index in [0.29, 0.717) is 0 Å². The number of carboxylic acid groups (broad SMARTS) is 1. The van der Waals surface area contributed by atoms with Crippen LogP contribution in [0.4, 0.5) is 0 Å². The average molecular weight is 521 g/mol. The van der Waals surface area contributed by atoms with Gasteiger partial charge in [-0.15, -0.1) is 0 Å². The zero-order chi connectivity index (χ0) is 24.1. The Balaban J connectivity index is 0. The topological polar surface area (TPSA) is 272 Å². The molecule has 33 heavy (non-hydrogen) atoms. The van der Waals surface area contributed by atoms with Gasteiger partial charge in [-0.2, -0.15) is 0 Å². The Kier molecular flexibility index (Phi) is 16.4. The van der Waals surface area contributed by atoms with Crippen molar-refractivity contribution < 1.29 is 131 Å². The van der Waals surface area contributed by atoms with E-state index in [1.807, 2.05) is 5.32 Å². The van der Waals surface area contributed by atoms with Gasteiger partial charge >= 0.3 is 59.1 Å². The molecule has 1 fully saturated rings. The molecule has 0 bridgehead atoms. The fourth-order valence-electron chi connectivity index (χ4n) is 2.59. The predicted octanol–water partition coefficient (Wildman–Crippen LogP) is -13.2. The summed E-state index contributed by atoms with van der Waals surface area (Å²) in [5.41, 5.74) is 0. The van der Waals surface area contributed by atoms with Gasteiger partial charge < -0.3 is 59.6 Å². The molecule has 1 aliphatic rings.